The van der Waals surface area contributed by atoms with Crippen LogP contribution in [-0.2, 0) is 9.53 Å². The van der Waals surface area contributed by atoms with Crippen molar-refractivity contribution >= 4 is 5.97 Å². The molecule has 2 saturated heterocycles. The molecule has 0 amide bonds. The Bertz CT molecular complexity index is 351. The molecule has 0 radical (unpaired) electrons. The SMILES string of the molecule is CC1(C)CCC(CN2CCCC(C)(C)C2C(=O)O)O1. The van der Waals surface area contributed by atoms with E-state index in [1.54, 1.807) is 0 Å². The molecule has 4 nitrogen and oxygen atoms in total. The van der Waals surface area contributed by atoms with Crippen LogP contribution in [-0.4, -0.2) is 46.8 Å². The van der Waals surface area contributed by atoms with E-state index in [0.717, 1.165) is 38.8 Å². The van der Waals surface area contributed by atoms with Gasteiger partial charge in [-0.2, -0.15) is 0 Å². The van der Waals surface area contributed by atoms with Crippen molar-refractivity contribution in [2.45, 2.75) is 71.1 Å². The lowest BCUT2D eigenvalue weighted by Crippen LogP contribution is -2.56. The minimum Gasteiger partial charge on any atom is -0.480 e. The lowest BCUT2D eigenvalue weighted by Gasteiger charge is -2.44. The third-order valence-electron chi connectivity index (χ3n) is 4.60. The van der Waals surface area contributed by atoms with Crippen LogP contribution in [0.1, 0.15) is 53.4 Å². The van der Waals surface area contributed by atoms with E-state index in [1.807, 2.05) is 0 Å². The van der Waals surface area contributed by atoms with Gasteiger partial charge in [-0.3, -0.25) is 9.69 Å². The van der Waals surface area contributed by atoms with Gasteiger partial charge in [0.25, 0.3) is 0 Å². The van der Waals surface area contributed by atoms with Crippen LogP contribution in [0.3, 0.4) is 0 Å². The number of rotatable bonds is 3. The lowest BCUT2D eigenvalue weighted by atomic mass is 9.76. The zero-order valence-corrected chi connectivity index (χ0v) is 12.6. The number of carbonyl (C=O) groups is 1. The van der Waals surface area contributed by atoms with Crippen molar-refractivity contribution in [1.29, 1.82) is 0 Å². The largest absolute Gasteiger partial charge is 0.480 e. The summed E-state index contributed by atoms with van der Waals surface area (Å²) in [4.78, 5) is 13.7. The van der Waals surface area contributed by atoms with Crippen molar-refractivity contribution < 1.29 is 14.6 Å². The van der Waals surface area contributed by atoms with E-state index in [9.17, 15) is 9.90 Å². The molecule has 0 saturated carbocycles. The van der Waals surface area contributed by atoms with E-state index in [4.69, 9.17) is 4.74 Å². The fourth-order valence-electron chi connectivity index (χ4n) is 3.65. The summed E-state index contributed by atoms with van der Waals surface area (Å²) in [7, 11) is 0. The van der Waals surface area contributed by atoms with Crippen molar-refractivity contribution in [2.24, 2.45) is 5.41 Å². The number of aliphatic carboxylic acids is 1. The van der Waals surface area contributed by atoms with Crippen molar-refractivity contribution in [3.8, 4) is 0 Å². The average Bonchev–Trinajstić information content (AvgIpc) is 2.55. The van der Waals surface area contributed by atoms with Crippen LogP contribution in [0.2, 0.25) is 0 Å². The molecule has 19 heavy (non-hydrogen) atoms. The van der Waals surface area contributed by atoms with E-state index in [0.29, 0.717) is 0 Å². The van der Waals surface area contributed by atoms with Crippen LogP contribution in [0, 0.1) is 5.41 Å². The summed E-state index contributed by atoms with van der Waals surface area (Å²) in [5, 5.41) is 9.54. The van der Waals surface area contributed by atoms with Crippen molar-refractivity contribution in [3.63, 3.8) is 0 Å². The highest BCUT2D eigenvalue weighted by Crippen LogP contribution is 2.37. The predicted octanol–water partition coefficient (Wildman–Crippen LogP) is 2.52. The summed E-state index contributed by atoms with van der Waals surface area (Å²) in [6.45, 7) is 9.99. The highest BCUT2D eigenvalue weighted by Gasteiger charge is 2.44. The van der Waals surface area contributed by atoms with Crippen LogP contribution in [0.5, 0.6) is 0 Å². The zero-order chi connectivity index (χ0) is 14.3. The Hall–Kier alpha value is -0.610. The molecule has 2 heterocycles. The van der Waals surface area contributed by atoms with Crippen LogP contribution in [0.25, 0.3) is 0 Å². The summed E-state index contributed by atoms with van der Waals surface area (Å²) in [5.41, 5.74) is -0.201. The normalized spacial score (nSPS) is 34.3. The molecule has 2 aliphatic rings. The quantitative estimate of drug-likeness (QED) is 0.855. The third-order valence-corrected chi connectivity index (χ3v) is 4.60. The molecule has 0 aromatic rings. The van der Waals surface area contributed by atoms with E-state index >= 15 is 0 Å². The number of carboxylic acids is 1. The second kappa shape index (κ2) is 5.06. The van der Waals surface area contributed by atoms with Crippen LogP contribution >= 0.6 is 0 Å². The summed E-state index contributed by atoms with van der Waals surface area (Å²) >= 11 is 0. The third kappa shape index (κ3) is 3.29. The molecule has 4 heteroatoms. The highest BCUT2D eigenvalue weighted by molar-refractivity contribution is 5.74. The fourth-order valence-corrected chi connectivity index (χ4v) is 3.65. The van der Waals surface area contributed by atoms with Gasteiger partial charge in [0.05, 0.1) is 11.7 Å². The second-order valence-corrected chi connectivity index (χ2v) is 7.37. The van der Waals surface area contributed by atoms with E-state index in [2.05, 4.69) is 32.6 Å². The Labute approximate surface area is 116 Å². The molecule has 0 aromatic carbocycles. The number of ether oxygens (including phenoxy) is 1. The van der Waals surface area contributed by atoms with Crippen molar-refractivity contribution in [2.75, 3.05) is 13.1 Å². The van der Waals surface area contributed by atoms with Crippen molar-refractivity contribution in [1.82, 2.24) is 4.90 Å². The molecule has 2 aliphatic heterocycles. The maximum absolute atomic E-state index is 11.6. The lowest BCUT2D eigenvalue weighted by molar-refractivity contribution is -0.152. The Morgan fingerprint density at radius 1 is 1.32 bits per heavy atom. The topological polar surface area (TPSA) is 49.8 Å². The summed E-state index contributed by atoms with van der Waals surface area (Å²) in [6.07, 6.45) is 4.35. The molecular weight excluding hydrogens is 242 g/mol. The number of hydrogen-bond donors (Lipinski definition) is 1. The van der Waals surface area contributed by atoms with Gasteiger partial charge >= 0.3 is 5.97 Å². The molecule has 2 rings (SSSR count). The molecular formula is C15H27NO3. The Morgan fingerprint density at radius 3 is 2.53 bits per heavy atom. The molecule has 110 valence electrons. The monoisotopic (exact) mass is 269 g/mol. The molecule has 0 aromatic heterocycles. The second-order valence-electron chi connectivity index (χ2n) is 7.37. The maximum Gasteiger partial charge on any atom is 0.321 e. The van der Waals surface area contributed by atoms with Gasteiger partial charge in [0, 0.05) is 6.54 Å². The minimum atomic E-state index is -0.693. The standard InChI is InChI=1S/C15H27NO3/c1-14(2)7-5-9-16(12(14)13(17)18)10-11-6-8-15(3,4)19-11/h11-12H,5-10H2,1-4H3,(H,17,18). The van der Waals surface area contributed by atoms with Gasteiger partial charge in [-0.1, -0.05) is 13.8 Å². The smallest absolute Gasteiger partial charge is 0.321 e. The summed E-state index contributed by atoms with van der Waals surface area (Å²) in [6, 6.07) is -0.381. The zero-order valence-electron chi connectivity index (χ0n) is 12.6. The first-order chi connectivity index (χ1) is 8.71. The van der Waals surface area contributed by atoms with Crippen LogP contribution in [0.4, 0.5) is 0 Å². The Morgan fingerprint density at radius 2 is 2.00 bits per heavy atom. The van der Waals surface area contributed by atoms with Gasteiger partial charge in [0.2, 0.25) is 0 Å². The Balaban J connectivity index is 2.04. The minimum absolute atomic E-state index is 0.0469. The molecule has 0 bridgehead atoms. The van der Waals surface area contributed by atoms with Crippen molar-refractivity contribution in [3.05, 3.63) is 0 Å². The molecule has 0 spiro atoms. The maximum atomic E-state index is 11.6. The van der Waals surface area contributed by atoms with Gasteiger partial charge in [-0.15, -0.1) is 0 Å². The number of piperidine rings is 1. The average molecular weight is 269 g/mol. The van der Waals surface area contributed by atoms with E-state index in [-0.39, 0.29) is 23.2 Å². The Kier molecular flexibility index (Phi) is 3.94. The number of nitrogens with zero attached hydrogens (tertiary/aromatic N) is 1. The summed E-state index contributed by atoms with van der Waals surface area (Å²) < 4.78 is 6.01. The van der Waals surface area contributed by atoms with Gasteiger partial charge in [-0.25, -0.2) is 0 Å². The van der Waals surface area contributed by atoms with E-state index in [1.165, 1.54) is 0 Å². The highest BCUT2D eigenvalue weighted by atomic mass is 16.5. The van der Waals surface area contributed by atoms with Gasteiger partial charge in [-0.05, 0) is 51.5 Å². The van der Waals surface area contributed by atoms with Crippen LogP contribution < -0.4 is 0 Å². The first kappa shape index (κ1) is 14.8. The first-order valence-electron chi connectivity index (χ1n) is 7.36. The predicted molar refractivity (Wildman–Crippen MR) is 74.2 cm³/mol. The molecule has 2 unspecified atom stereocenters. The number of likely N-dealkylation sites (tertiary alicyclic amines) is 1. The molecule has 2 atom stereocenters. The number of carboxylic acid groups (broad SMARTS) is 1. The fraction of sp³-hybridized carbons (Fsp3) is 0.933. The van der Waals surface area contributed by atoms with E-state index < -0.39 is 5.97 Å². The van der Waals surface area contributed by atoms with Gasteiger partial charge in [0.1, 0.15) is 6.04 Å². The molecule has 2 fully saturated rings. The first-order valence-corrected chi connectivity index (χ1v) is 7.36. The van der Waals surface area contributed by atoms with Gasteiger partial charge < -0.3 is 9.84 Å². The molecule has 1 N–H and O–H groups in total. The molecule has 0 aliphatic carbocycles. The number of hydrogen-bond acceptors (Lipinski definition) is 3. The van der Waals surface area contributed by atoms with Gasteiger partial charge in [0.15, 0.2) is 0 Å². The van der Waals surface area contributed by atoms with Crippen LogP contribution in [0.15, 0.2) is 0 Å². The summed E-state index contributed by atoms with van der Waals surface area (Å²) in [5.74, 6) is -0.693.